The molecule has 0 fully saturated rings. The molecule has 0 N–H and O–H groups in total. The highest BCUT2D eigenvalue weighted by atomic mass is 15.1. The van der Waals surface area contributed by atoms with E-state index < -0.39 is 0 Å². The molecule has 80 valence electrons. The highest BCUT2D eigenvalue weighted by molar-refractivity contribution is 5.74. The Morgan fingerprint density at radius 3 is 2.56 bits per heavy atom. The van der Waals surface area contributed by atoms with Gasteiger partial charge in [-0.05, 0) is 35.7 Å². The molecule has 1 heterocycles. The Bertz CT molecular complexity index is 543. The van der Waals surface area contributed by atoms with Crippen LogP contribution < -0.4 is 4.90 Å². The monoisotopic (exact) mass is 209 g/mol. The van der Waals surface area contributed by atoms with E-state index in [1.165, 1.54) is 28.1 Å². The maximum atomic E-state index is 2.29. The first-order chi connectivity index (χ1) is 7.77. The topological polar surface area (TPSA) is 3.24 Å². The molecule has 1 heteroatoms. The van der Waals surface area contributed by atoms with Crippen LogP contribution in [0, 0.1) is 6.92 Å². The van der Waals surface area contributed by atoms with Crippen LogP contribution in [0.5, 0.6) is 0 Å². The number of nitrogens with zero attached hydrogens (tertiary/aromatic N) is 1. The van der Waals surface area contributed by atoms with Crippen molar-refractivity contribution in [3.8, 4) is 0 Å². The summed E-state index contributed by atoms with van der Waals surface area (Å²) in [5, 5.41) is 0. The molecule has 1 aliphatic heterocycles. The number of fused-ring (bicyclic) bond motifs is 2. The average molecular weight is 209 g/mol. The lowest BCUT2D eigenvalue weighted by Crippen LogP contribution is -2.18. The van der Waals surface area contributed by atoms with Crippen molar-refractivity contribution in [1.29, 1.82) is 0 Å². The fourth-order valence-corrected chi connectivity index (χ4v) is 2.54. The van der Waals surface area contributed by atoms with E-state index in [1.54, 1.807) is 0 Å². The minimum absolute atomic E-state index is 1.06. The summed E-state index contributed by atoms with van der Waals surface area (Å²) in [7, 11) is 2.15. The van der Waals surface area contributed by atoms with Gasteiger partial charge in [0.25, 0.3) is 0 Å². The lowest BCUT2D eigenvalue weighted by Gasteiger charge is -2.31. The zero-order valence-electron chi connectivity index (χ0n) is 9.70. The molecule has 0 radical (unpaired) electrons. The summed E-state index contributed by atoms with van der Waals surface area (Å²) in [6.45, 7) is 2.20. The second-order valence-corrected chi connectivity index (χ2v) is 4.44. The van der Waals surface area contributed by atoms with Gasteiger partial charge in [-0.3, -0.25) is 0 Å². The molecule has 3 rings (SSSR count). The van der Waals surface area contributed by atoms with E-state index in [0.717, 1.165) is 6.42 Å². The van der Waals surface area contributed by atoms with Crippen molar-refractivity contribution < 1.29 is 0 Å². The van der Waals surface area contributed by atoms with Gasteiger partial charge in [-0.2, -0.15) is 0 Å². The first-order valence-electron chi connectivity index (χ1n) is 5.67. The van der Waals surface area contributed by atoms with Gasteiger partial charge in [0, 0.05) is 24.8 Å². The van der Waals surface area contributed by atoms with Crippen molar-refractivity contribution >= 4 is 11.4 Å². The summed E-state index contributed by atoms with van der Waals surface area (Å²) in [6.07, 6.45) is 1.06. The van der Waals surface area contributed by atoms with Crippen LogP contribution >= 0.6 is 0 Å². The molecular formula is C15H15N. The lowest BCUT2D eigenvalue weighted by molar-refractivity contribution is 1.04. The van der Waals surface area contributed by atoms with Crippen LogP contribution in [0.2, 0.25) is 0 Å². The molecule has 0 aromatic heterocycles. The van der Waals surface area contributed by atoms with Crippen molar-refractivity contribution in [3.63, 3.8) is 0 Å². The third-order valence-electron chi connectivity index (χ3n) is 3.47. The quantitative estimate of drug-likeness (QED) is 0.640. The molecule has 0 saturated carbocycles. The highest BCUT2D eigenvalue weighted by Gasteiger charge is 2.19. The molecule has 0 unspecified atom stereocenters. The summed E-state index contributed by atoms with van der Waals surface area (Å²) < 4.78 is 0. The molecule has 0 atom stereocenters. The van der Waals surface area contributed by atoms with E-state index in [1.807, 2.05) is 0 Å². The van der Waals surface area contributed by atoms with Crippen molar-refractivity contribution in [3.05, 3.63) is 59.2 Å². The van der Waals surface area contributed by atoms with E-state index in [9.17, 15) is 0 Å². The fraction of sp³-hybridized carbons (Fsp3) is 0.200. The molecular weight excluding hydrogens is 194 g/mol. The van der Waals surface area contributed by atoms with Crippen LogP contribution in [0.3, 0.4) is 0 Å². The van der Waals surface area contributed by atoms with Crippen molar-refractivity contribution in [2.45, 2.75) is 13.3 Å². The van der Waals surface area contributed by atoms with Crippen LogP contribution in [0.25, 0.3) is 0 Å². The first-order valence-corrected chi connectivity index (χ1v) is 5.67. The van der Waals surface area contributed by atoms with Gasteiger partial charge >= 0.3 is 0 Å². The van der Waals surface area contributed by atoms with Crippen LogP contribution in [0.4, 0.5) is 11.4 Å². The summed E-state index contributed by atoms with van der Waals surface area (Å²) >= 11 is 0. The second kappa shape index (κ2) is 3.38. The molecule has 2 aromatic rings. The first kappa shape index (κ1) is 9.46. The van der Waals surface area contributed by atoms with Crippen molar-refractivity contribution in [1.82, 2.24) is 0 Å². The number of rotatable bonds is 0. The Morgan fingerprint density at radius 1 is 0.938 bits per heavy atom. The third-order valence-corrected chi connectivity index (χ3v) is 3.47. The molecule has 16 heavy (non-hydrogen) atoms. The van der Waals surface area contributed by atoms with Gasteiger partial charge in [0.15, 0.2) is 0 Å². The van der Waals surface area contributed by atoms with Crippen LogP contribution in [0.15, 0.2) is 42.5 Å². The van der Waals surface area contributed by atoms with Gasteiger partial charge in [-0.15, -0.1) is 0 Å². The van der Waals surface area contributed by atoms with E-state index in [0.29, 0.717) is 0 Å². The Labute approximate surface area is 96.3 Å². The largest absolute Gasteiger partial charge is 0.344 e. The van der Waals surface area contributed by atoms with Gasteiger partial charge in [0.2, 0.25) is 0 Å². The number of hydrogen-bond acceptors (Lipinski definition) is 1. The number of benzene rings is 2. The highest BCUT2D eigenvalue weighted by Crippen LogP contribution is 2.38. The Kier molecular flexibility index (Phi) is 2.00. The van der Waals surface area contributed by atoms with Crippen molar-refractivity contribution in [2.24, 2.45) is 0 Å². The van der Waals surface area contributed by atoms with Crippen LogP contribution in [-0.2, 0) is 6.42 Å². The second-order valence-electron chi connectivity index (χ2n) is 4.44. The molecule has 2 aromatic carbocycles. The summed E-state index contributed by atoms with van der Waals surface area (Å²) in [5.74, 6) is 0. The predicted molar refractivity (Wildman–Crippen MR) is 68.5 cm³/mol. The van der Waals surface area contributed by atoms with Gasteiger partial charge in [0.05, 0.1) is 0 Å². The maximum Gasteiger partial charge on any atom is 0.0446 e. The third kappa shape index (κ3) is 1.25. The van der Waals surface area contributed by atoms with Crippen molar-refractivity contribution in [2.75, 3.05) is 11.9 Å². The molecule has 0 amide bonds. The molecule has 0 bridgehead atoms. The molecule has 1 nitrogen and oxygen atoms in total. The molecule has 1 aliphatic rings. The normalized spacial score (nSPS) is 13.2. The fourth-order valence-electron chi connectivity index (χ4n) is 2.54. The zero-order valence-corrected chi connectivity index (χ0v) is 9.70. The van der Waals surface area contributed by atoms with Gasteiger partial charge < -0.3 is 4.90 Å². The smallest absolute Gasteiger partial charge is 0.0446 e. The number of para-hydroxylation sites is 1. The minimum atomic E-state index is 1.06. The molecule has 0 aliphatic carbocycles. The maximum absolute atomic E-state index is 2.29. The zero-order chi connectivity index (χ0) is 11.1. The van der Waals surface area contributed by atoms with Gasteiger partial charge in [-0.1, -0.05) is 30.3 Å². The molecule has 0 spiro atoms. The number of hydrogen-bond donors (Lipinski definition) is 0. The van der Waals surface area contributed by atoms with Gasteiger partial charge in [-0.25, -0.2) is 0 Å². The van der Waals surface area contributed by atoms with E-state index >= 15 is 0 Å². The Morgan fingerprint density at radius 2 is 1.69 bits per heavy atom. The Balaban J connectivity index is 2.22. The Hall–Kier alpha value is -1.76. The SMILES string of the molecule is Cc1cccc2c1Cc1ccccc1N2C. The minimum Gasteiger partial charge on any atom is -0.344 e. The lowest BCUT2D eigenvalue weighted by atomic mass is 9.93. The van der Waals surface area contributed by atoms with Crippen LogP contribution in [-0.4, -0.2) is 7.05 Å². The predicted octanol–water partition coefficient (Wildman–Crippen LogP) is 3.67. The number of aryl methyl sites for hydroxylation is 1. The average Bonchev–Trinajstić information content (AvgIpc) is 2.31. The summed E-state index contributed by atoms with van der Waals surface area (Å²) in [6, 6.07) is 15.2. The van der Waals surface area contributed by atoms with Crippen LogP contribution in [0.1, 0.15) is 16.7 Å². The van der Waals surface area contributed by atoms with E-state index in [-0.39, 0.29) is 0 Å². The van der Waals surface area contributed by atoms with E-state index in [2.05, 4.69) is 61.3 Å². The van der Waals surface area contributed by atoms with Gasteiger partial charge in [0.1, 0.15) is 0 Å². The molecule has 0 saturated heterocycles. The summed E-state index contributed by atoms with van der Waals surface area (Å²) in [4.78, 5) is 2.29. The van der Waals surface area contributed by atoms with E-state index in [4.69, 9.17) is 0 Å². The number of anilines is 2. The standard InChI is InChI=1S/C15H15N/c1-11-6-5-9-15-13(11)10-12-7-3-4-8-14(12)16(15)2/h3-9H,10H2,1-2H3. The summed E-state index contributed by atoms with van der Waals surface area (Å²) in [5.41, 5.74) is 6.95.